The molecule has 1 saturated carbocycles. The maximum Gasteiger partial charge on any atom is 0.243 e. The van der Waals surface area contributed by atoms with Crippen LogP contribution in [-0.4, -0.2) is 18.4 Å². The average Bonchev–Trinajstić information content (AvgIpc) is 3.15. The Morgan fingerprint density at radius 3 is 2.56 bits per heavy atom. The monoisotopic (exact) mass is 254 g/mol. The fourth-order valence-electron chi connectivity index (χ4n) is 1.44. The zero-order valence-electron chi connectivity index (χ0n) is 9.50. The summed E-state index contributed by atoms with van der Waals surface area (Å²) >= 11 is 0. The van der Waals surface area contributed by atoms with Gasteiger partial charge in [-0.15, -0.1) is 0 Å². The molecule has 2 amide bonds. The van der Waals surface area contributed by atoms with Gasteiger partial charge in [-0.1, -0.05) is 0 Å². The van der Waals surface area contributed by atoms with Crippen LogP contribution >= 0.6 is 0 Å². The molecule has 0 radical (unpaired) electrons. The number of carbonyl (C=O) groups is 2. The van der Waals surface area contributed by atoms with E-state index in [4.69, 9.17) is 0 Å². The number of amides is 2. The molecule has 0 unspecified atom stereocenters. The molecule has 1 aliphatic rings. The van der Waals surface area contributed by atoms with E-state index in [1.54, 1.807) is 0 Å². The van der Waals surface area contributed by atoms with E-state index in [9.17, 15) is 18.4 Å². The minimum absolute atomic E-state index is 0.0288. The molecule has 0 bridgehead atoms. The van der Waals surface area contributed by atoms with Gasteiger partial charge in [0.1, 0.15) is 0 Å². The van der Waals surface area contributed by atoms with E-state index in [0.29, 0.717) is 0 Å². The van der Waals surface area contributed by atoms with Gasteiger partial charge >= 0.3 is 0 Å². The maximum atomic E-state index is 12.9. The van der Waals surface area contributed by atoms with Crippen LogP contribution in [-0.2, 0) is 9.59 Å². The van der Waals surface area contributed by atoms with Crippen molar-refractivity contribution < 1.29 is 18.4 Å². The van der Waals surface area contributed by atoms with Gasteiger partial charge in [-0.3, -0.25) is 9.59 Å². The van der Waals surface area contributed by atoms with Crippen LogP contribution in [0, 0.1) is 17.6 Å². The standard InChI is InChI=1S/C12H12F2N2O2/c13-9-4-3-8(5-10(9)14)16-11(17)6-15-12(18)7-1-2-7/h3-5,7H,1-2,6H2,(H,15,18)(H,16,17). The van der Waals surface area contributed by atoms with Gasteiger partial charge < -0.3 is 10.6 Å². The minimum atomic E-state index is -1.03. The van der Waals surface area contributed by atoms with Crippen LogP contribution < -0.4 is 10.6 Å². The number of hydrogen-bond donors (Lipinski definition) is 2. The van der Waals surface area contributed by atoms with Gasteiger partial charge in [-0.25, -0.2) is 8.78 Å². The van der Waals surface area contributed by atoms with Crippen LogP contribution in [0.25, 0.3) is 0 Å². The van der Waals surface area contributed by atoms with Crippen molar-refractivity contribution in [3.8, 4) is 0 Å². The molecule has 2 N–H and O–H groups in total. The normalized spacial score (nSPS) is 14.1. The van der Waals surface area contributed by atoms with Gasteiger partial charge in [0.05, 0.1) is 6.54 Å². The van der Waals surface area contributed by atoms with Crippen molar-refractivity contribution in [1.82, 2.24) is 5.32 Å². The van der Waals surface area contributed by atoms with Gasteiger partial charge in [0, 0.05) is 17.7 Å². The molecule has 18 heavy (non-hydrogen) atoms. The van der Waals surface area contributed by atoms with Gasteiger partial charge in [-0.2, -0.15) is 0 Å². The number of anilines is 1. The number of carbonyl (C=O) groups excluding carboxylic acids is 2. The van der Waals surface area contributed by atoms with Gasteiger partial charge in [0.2, 0.25) is 11.8 Å². The molecule has 2 rings (SSSR count). The smallest absolute Gasteiger partial charge is 0.243 e. The van der Waals surface area contributed by atoms with Crippen LogP contribution in [0.4, 0.5) is 14.5 Å². The van der Waals surface area contributed by atoms with Crippen molar-refractivity contribution in [2.45, 2.75) is 12.8 Å². The van der Waals surface area contributed by atoms with Crippen molar-refractivity contribution in [2.24, 2.45) is 5.92 Å². The van der Waals surface area contributed by atoms with Gasteiger partial charge in [-0.05, 0) is 25.0 Å². The third kappa shape index (κ3) is 3.26. The topological polar surface area (TPSA) is 58.2 Å². The highest BCUT2D eigenvalue weighted by Crippen LogP contribution is 2.28. The first-order valence-electron chi connectivity index (χ1n) is 5.59. The molecule has 0 heterocycles. The highest BCUT2D eigenvalue weighted by molar-refractivity contribution is 5.95. The largest absolute Gasteiger partial charge is 0.347 e. The maximum absolute atomic E-state index is 12.9. The predicted molar refractivity (Wildman–Crippen MR) is 60.7 cm³/mol. The molecule has 0 spiro atoms. The molecule has 0 saturated heterocycles. The molecule has 0 atom stereocenters. The third-order valence-electron chi connectivity index (χ3n) is 2.57. The molecule has 1 aromatic carbocycles. The molecule has 1 aromatic rings. The van der Waals surface area contributed by atoms with Crippen molar-refractivity contribution in [1.29, 1.82) is 0 Å². The van der Waals surface area contributed by atoms with E-state index in [1.807, 2.05) is 0 Å². The lowest BCUT2D eigenvalue weighted by molar-refractivity contribution is -0.125. The SMILES string of the molecule is O=C(CNC(=O)C1CC1)Nc1ccc(F)c(F)c1. The number of benzene rings is 1. The summed E-state index contributed by atoms with van der Waals surface area (Å²) in [5, 5.41) is 4.84. The Morgan fingerprint density at radius 1 is 1.22 bits per heavy atom. The first-order chi connectivity index (χ1) is 8.56. The molecule has 0 aromatic heterocycles. The molecule has 0 aliphatic heterocycles. The Labute approximate surface area is 102 Å². The lowest BCUT2D eigenvalue weighted by atomic mass is 10.3. The highest BCUT2D eigenvalue weighted by atomic mass is 19.2. The Morgan fingerprint density at radius 2 is 1.94 bits per heavy atom. The molecular formula is C12H12F2N2O2. The van der Waals surface area contributed by atoms with Gasteiger partial charge in [0.15, 0.2) is 11.6 Å². The quantitative estimate of drug-likeness (QED) is 0.854. The Hall–Kier alpha value is -1.98. The molecule has 4 nitrogen and oxygen atoms in total. The van der Waals surface area contributed by atoms with Crippen molar-refractivity contribution >= 4 is 17.5 Å². The second kappa shape index (κ2) is 5.12. The van der Waals surface area contributed by atoms with E-state index in [1.165, 1.54) is 6.07 Å². The van der Waals surface area contributed by atoms with E-state index >= 15 is 0 Å². The second-order valence-electron chi connectivity index (χ2n) is 4.17. The summed E-state index contributed by atoms with van der Waals surface area (Å²) in [6.07, 6.45) is 1.72. The van der Waals surface area contributed by atoms with Crippen LogP contribution in [0.2, 0.25) is 0 Å². The lowest BCUT2D eigenvalue weighted by Crippen LogP contribution is -2.33. The molecule has 1 aliphatic carbocycles. The molecule has 1 fully saturated rings. The average molecular weight is 254 g/mol. The Bertz CT molecular complexity index is 487. The fourth-order valence-corrected chi connectivity index (χ4v) is 1.44. The summed E-state index contributed by atoms with van der Waals surface area (Å²) in [6.45, 7) is -0.172. The van der Waals surface area contributed by atoms with Crippen LogP contribution in [0.3, 0.4) is 0 Å². The first-order valence-corrected chi connectivity index (χ1v) is 5.59. The number of rotatable bonds is 4. The van der Waals surface area contributed by atoms with Crippen molar-refractivity contribution in [2.75, 3.05) is 11.9 Å². The molecular weight excluding hydrogens is 242 g/mol. The van der Waals surface area contributed by atoms with Crippen LogP contribution in [0.15, 0.2) is 18.2 Å². The third-order valence-corrected chi connectivity index (χ3v) is 2.57. The number of halogens is 2. The van der Waals surface area contributed by atoms with E-state index < -0.39 is 17.5 Å². The number of nitrogens with one attached hydrogen (secondary N) is 2. The summed E-state index contributed by atoms with van der Waals surface area (Å²) in [5.74, 6) is -2.60. The van der Waals surface area contributed by atoms with Crippen molar-refractivity contribution in [3.63, 3.8) is 0 Å². The summed E-state index contributed by atoms with van der Waals surface area (Å²) in [4.78, 5) is 22.7. The minimum Gasteiger partial charge on any atom is -0.347 e. The predicted octanol–water partition coefficient (Wildman–Crippen LogP) is 1.43. The Balaban J connectivity index is 1.82. The van der Waals surface area contributed by atoms with Crippen LogP contribution in [0.1, 0.15) is 12.8 Å². The van der Waals surface area contributed by atoms with Crippen LogP contribution in [0.5, 0.6) is 0 Å². The lowest BCUT2D eigenvalue weighted by Gasteiger charge is -2.06. The first kappa shape index (κ1) is 12.5. The van der Waals surface area contributed by atoms with E-state index in [2.05, 4.69) is 10.6 Å². The Kier molecular flexibility index (Phi) is 3.55. The molecule has 96 valence electrons. The molecule has 6 heteroatoms. The van der Waals surface area contributed by atoms with E-state index in [0.717, 1.165) is 25.0 Å². The fraction of sp³-hybridized carbons (Fsp3) is 0.333. The van der Waals surface area contributed by atoms with Crippen molar-refractivity contribution in [3.05, 3.63) is 29.8 Å². The summed E-state index contributed by atoms with van der Waals surface area (Å²) in [5.41, 5.74) is 0.152. The summed E-state index contributed by atoms with van der Waals surface area (Å²) in [7, 11) is 0. The van der Waals surface area contributed by atoms with E-state index in [-0.39, 0.29) is 24.1 Å². The second-order valence-corrected chi connectivity index (χ2v) is 4.17. The zero-order chi connectivity index (χ0) is 13.1. The highest BCUT2D eigenvalue weighted by Gasteiger charge is 2.29. The number of hydrogen-bond acceptors (Lipinski definition) is 2. The summed E-state index contributed by atoms with van der Waals surface area (Å²) < 4.78 is 25.5. The van der Waals surface area contributed by atoms with Gasteiger partial charge in [0.25, 0.3) is 0 Å². The zero-order valence-corrected chi connectivity index (χ0v) is 9.50. The summed E-state index contributed by atoms with van der Waals surface area (Å²) in [6, 6.07) is 3.06.